The van der Waals surface area contributed by atoms with Crippen LogP contribution in [0, 0.1) is 0 Å². The Hall–Kier alpha value is -1.16. The van der Waals surface area contributed by atoms with Crippen LogP contribution in [0.1, 0.15) is 58.9 Å². The van der Waals surface area contributed by atoms with Crippen LogP contribution < -0.4 is 0 Å². The highest BCUT2D eigenvalue weighted by Gasteiger charge is 2.24. The molecule has 0 aromatic heterocycles. The van der Waals surface area contributed by atoms with E-state index in [2.05, 4.69) is 6.08 Å². The summed E-state index contributed by atoms with van der Waals surface area (Å²) in [6, 6.07) is 9.69. The van der Waals surface area contributed by atoms with E-state index < -0.39 is 17.3 Å². The summed E-state index contributed by atoms with van der Waals surface area (Å²) < 4.78 is 0. The Labute approximate surface area is 134 Å². The molecule has 2 unspecified atom stereocenters. The molecule has 3 nitrogen and oxygen atoms in total. The molecule has 3 heteroatoms. The van der Waals surface area contributed by atoms with Gasteiger partial charge in [-0.1, -0.05) is 42.0 Å². The summed E-state index contributed by atoms with van der Waals surface area (Å²) in [5.41, 5.74) is 0.215. The molecule has 0 saturated carbocycles. The van der Waals surface area contributed by atoms with Gasteiger partial charge in [0, 0.05) is 0 Å². The van der Waals surface area contributed by atoms with Crippen LogP contribution in [-0.4, -0.2) is 27.0 Å². The van der Waals surface area contributed by atoms with Gasteiger partial charge in [-0.05, 0) is 58.9 Å². The van der Waals surface area contributed by atoms with Gasteiger partial charge in [0.25, 0.3) is 0 Å². The van der Waals surface area contributed by atoms with E-state index >= 15 is 0 Å². The number of aliphatic hydroxyl groups is 3. The van der Waals surface area contributed by atoms with Gasteiger partial charge in [-0.15, -0.1) is 0 Å². The maximum absolute atomic E-state index is 10.5. The van der Waals surface area contributed by atoms with E-state index in [1.807, 2.05) is 44.2 Å². The van der Waals surface area contributed by atoms with E-state index in [1.54, 1.807) is 13.8 Å². The second-order valence-corrected chi connectivity index (χ2v) is 6.94. The average molecular weight is 306 g/mol. The van der Waals surface area contributed by atoms with Gasteiger partial charge in [0.15, 0.2) is 0 Å². The van der Waals surface area contributed by atoms with E-state index in [4.69, 9.17) is 0 Å². The molecule has 0 aliphatic rings. The fourth-order valence-corrected chi connectivity index (χ4v) is 2.36. The predicted octanol–water partition coefficient (Wildman–Crippen LogP) is 3.53. The summed E-state index contributed by atoms with van der Waals surface area (Å²) in [5, 5.41) is 30.0. The molecule has 0 amide bonds. The topological polar surface area (TPSA) is 60.7 Å². The monoisotopic (exact) mass is 306 g/mol. The third kappa shape index (κ3) is 6.30. The van der Waals surface area contributed by atoms with E-state index in [0.717, 1.165) is 18.4 Å². The van der Waals surface area contributed by atoms with Crippen molar-refractivity contribution in [3.8, 4) is 0 Å². The third-order valence-electron chi connectivity index (χ3n) is 4.15. The molecule has 0 aliphatic heterocycles. The smallest absolute Gasteiger partial charge is 0.0871 e. The van der Waals surface area contributed by atoms with Crippen molar-refractivity contribution in [3.63, 3.8) is 0 Å². The highest BCUT2D eigenvalue weighted by molar-refractivity contribution is 5.21. The molecule has 3 N–H and O–H groups in total. The van der Waals surface area contributed by atoms with Gasteiger partial charge < -0.3 is 15.3 Å². The van der Waals surface area contributed by atoms with Crippen molar-refractivity contribution in [2.75, 3.05) is 0 Å². The summed E-state index contributed by atoms with van der Waals surface area (Å²) in [6.45, 7) is 7.10. The summed E-state index contributed by atoms with van der Waals surface area (Å²) in [5.74, 6) is 0. The fourth-order valence-electron chi connectivity index (χ4n) is 2.36. The summed E-state index contributed by atoms with van der Waals surface area (Å²) in [7, 11) is 0. The lowest BCUT2D eigenvalue weighted by Gasteiger charge is -2.24. The van der Waals surface area contributed by atoms with Crippen molar-refractivity contribution in [1.29, 1.82) is 0 Å². The first-order valence-corrected chi connectivity index (χ1v) is 7.97. The van der Waals surface area contributed by atoms with Crippen molar-refractivity contribution >= 4 is 0 Å². The Balaban J connectivity index is 2.45. The van der Waals surface area contributed by atoms with E-state index in [1.165, 1.54) is 5.57 Å². The second-order valence-electron chi connectivity index (χ2n) is 6.94. The molecule has 0 bridgehead atoms. The fraction of sp³-hybridized carbons (Fsp3) is 0.579. The summed E-state index contributed by atoms with van der Waals surface area (Å²) in [4.78, 5) is 0. The van der Waals surface area contributed by atoms with Gasteiger partial charge in [0.2, 0.25) is 0 Å². The molecule has 1 rings (SSSR count). The van der Waals surface area contributed by atoms with Crippen LogP contribution in [0.25, 0.3) is 0 Å². The van der Waals surface area contributed by atoms with E-state index in [-0.39, 0.29) is 0 Å². The first kappa shape index (κ1) is 18.9. The zero-order chi connectivity index (χ0) is 16.8. The van der Waals surface area contributed by atoms with Gasteiger partial charge in [0.1, 0.15) is 0 Å². The Morgan fingerprint density at radius 3 is 2.27 bits per heavy atom. The predicted molar refractivity (Wildman–Crippen MR) is 90.5 cm³/mol. The number of rotatable bonds is 8. The van der Waals surface area contributed by atoms with Crippen LogP contribution in [0.2, 0.25) is 0 Å². The number of hydrogen-bond donors (Lipinski definition) is 3. The van der Waals surface area contributed by atoms with Crippen molar-refractivity contribution in [3.05, 3.63) is 47.5 Å². The maximum atomic E-state index is 10.5. The van der Waals surface area contributed by atoms with Crippen molar-refractivity contribution < 1.29 is 15.3 Å². The molecule has 2 atom stereocenters. The Morgan fingerprint density at radius 2 is 1.73 bits per heavy atom. The molecule has 0 radical (unpaired) electrons. The molecule has 0 spiro atoms. The molecule has 1 aromatic carbocycles. The average Bonchev–Trinajstić information content (AvgIpc) is 2.44. The van der Waals surface area contributed by atoms with Crippen LogP contribution >= 0.6 is 0 Å². The normalized spacial score (nSPS) is 17.1. The molecule has 0 saturated heterocycles. The third-order valence-corrected chi connectivity index (χ3v) is 4.15. The van der Waals surface area contributed by atoms with E-state index in [9.17, 15) is 15.3 Å². The molecule has 0 heterocycles. The SMILES string of the molecule is C/C(=C\CCC(C)(O)c1ccccc1)CCC(O)C(C)(C)O. The minimum atomic E-state index is -1.06. The number of allylic oxidation sites excluding steroid dienone is 2. The first-order chi connectivity index (χ1) is 10.1. The molecule has 124 valence electrons. The Morgan fingerprint density at radius 1 is 1.14 bits per heavy atom. The van der Waals surface area contributed by atoms with Crippen LogP contribution in [0.4, 0.5) is 0 Å². The lowest BCUT2D eigenvalue weighted by atomic mass is 9.90. The van der Waals surface area contributed by atoms with Crippen LogP contribution in [-0.2, 0) is 5.60 Å². The highest BCUT2D eigenvalue weighted by Crippen LogP contribution is 2.26. The molecule has 0 aliphatic carbocycles. The van der Waals surface area contributed by atoms with Gasteiger partial charge in [-0.2, -0.15) is 0 Å². The molecule has 1 aromatic rings. The van der Waals surface area contributed by atoms with Gasteiger partial charge >= 0.3 is 0 Å². The Bertz CT molecular complexity index is 469. The minimum absolute atomic E-state index is 0.543. The first-order valence-electron chi connectivity index (χ1n) is 7.97. The zero-order valence-corrected chi connectivity index (χ0v) is 14.2. The molecule has 22 heavy (non-hydrogen) atoms. The van der Waals surface area contributed by atoms with Gasteiger partial charge in [0.05, 0.1) is 17.3 Å². The molecular formula is C19H30O3. The van der Waals surface area contributed by atoms with Crippen molar-refractivity contribution in [2.24, 2.45) is 0 Å². The maximum Gasteiger partial charge on any atom is 0.0871 e. The summed E-state index contributed by atoms with van der Waals surface area (Å²) in [6.07, 6.45) is 4.12. The largest absolute Gasteiger partial charge is 0.390 e. The highest BCUT2D eigenvalue weighted by atomic mass is 16.3. The number of benzene rings is 1. The number of hydrogen-bond acceptors (Lipinski definition) is 3. The molecule has 0 fully saturated rings. The lowest BCUT2D eigenvalue weighted by Crippen LogP contribution is -2.35. The quantitative estimate of drug-likeness (QED) is 0.644. The summed E-state index contributed by atoms with van der Waals surface area (Å²) >= 11 is 0. The minimum Gasteiger partial charge on any atom is -0.390 e. The van der Waals surface area contributed by atoms with Gasteiger partial charge in [-0.25, -0.2) is 0 Å². The van der Waals surface area contributed by atoms with Crippen molar-refractivity contribution in [1.82, 2.24) is 0 Å². The lowest BCUT2D eigenvalue weighted by molar-refractivity contribution is -0.0509. The van der Waals surface area contributed by atoms with Crippen LogP contribution in [0.3, 0.4) is 0 Å². The standard InChI is InChI=1S/C19H30O3/c1-15(12-13-17(20)18(2,3)21)9-8-14-19(4,22)16-10-6-5-7-11-16/h5-7,9-11,17,20-22H,8,12-14H2,1-4H3/b15-9+. The number of aliphatic hydroxyl groups excluding tert-OH is 1. The van der Waals surface area contributed by atoms with Gasteiger partial charge in [-0.3, -0.25) is 0 Å². The zero-order valence-electron chi connectivity index (χ0n) is 14.2. The van der Waals surface area contributed by atoms with Crippen LogP contribution in [0.5, 0.6) is 0 Å². The van der Waals surface area contributed by atoms with Crippen molar-refractivity contribution in [2.45, 2.75) is 70.7 Å². The Kier molecular flexibility index (Phi) is 6.79. The second kappa shape index (κ2) is 7.91. The molecular weight excluding hydrogens is 276 g/mol. The van der Waals surface area contributed by atoms with E-state index in [0.29, 0.717) is 12.8 Å². The van der Waals surface area contributed by atoms with Crippen LogP contribution in [0.15, 0.2) is 42.0 Å².